The molecule has 1 aliphatic rings. The molecular formula is C25H31N3O4S. The number of dihydropyridines is 1. The fourth-order valence-electron chi connectivity index (χ4n) is 2.82. The first-order valence-electron chi connectivity index (χ1n) is 10.6. The number of ether oxygens (including phenoxy) is 2. The van der Waals surface area contributed by atoms with E-state index in [4.69, 9.17) is 9.47 Å². The fourth-order valence-corrected chi connectivity index (χ4v) is 2.89. The van der Waals surface area contributed by atoms with Gasteiger partial charge >= 0.3 is 0 Å². The van der Waals surface area contributed by atoms with Gasteiger partial charge in [-0.1, -0.05) is 30.9 Å². The van der Waals surface area contributed by atoms with E-state index in [9.17, 15) is 9.59 Å². The zero-order chi connectivity index (χ0) is 24.3. The lowest BCUT2D eigenvalue weighted by atomic mass is 9.97. The monoisotopic (exact) mass is 469 g/mol. The molecule has 0 radical (unpaired) electrons. The van der Waals surface area contributed by atoms with Crippen LogP contribution in [0.1, 0.15) is 37.6 Å². The summed E-state index contributed by atoms with van der Waals surface area (Å²) in [7, 11) is 0. The number of nitrogens with zero attached hydrogens (tertiary/aromatic N) is 2. The van der Waals surface area contributed by atoms with Crippen molar-refractivity contribution in [3.05, 3.63) is 65.9 Å². The highest BCUT2D eigenvalue weighted by Crippen LogP contribution is 2.19. The summed E-state index contributed by atoms with van der Waals surface area (Å²) in [5.74, 6) is 0.374. The van der Waals surface area contributed by atoms with E-state index in [2.05, 4.69) is 34.5 Å². The molecule has 1 aliphatic heterocycles. The second kappa shape index (κ2) is 12.9. The maximum absolute atomic E-state index is 12.6. The van der Waals surface area contributed by atoms with E-state index in [0.717, 1.165) is 5.57 Å². The van der Waals surface area contributed by atoms with Crippen LogP contribution in [0.15, 0.2) is 70.3 Å². The number of thiol groups is 1. The lowest BCUT2D eigenvalue weighted by Crippen LogP contribution is -2.26. The van der Waals surface area contributed by atoms with Crippen molar-refractivity contribution < 1.29 is 19.1 Å². The van der Waals surface area contributed by atoms with Gasteiger partial charge in [-0.25, -0.2) is 0 Å². The number of hydrogen-bond donors (Lipinski definition) is 2. The average Bonchev–Trinajstić information content (AvgIpc) is 2.80. The van der Waals surface area contributed by atoms with E-state index in [1.165, 1.54) is 0 Å². The van der Waals surface area contributed by atoms with Crippen LogP contribution in [0.3, 0.4) is 0 Å². The van der Waals surface area contributed by atoms with Crippen molar-refractivity contribution in [3.63, 3.8) is 0 Å². The van der Waals surface area contributed by atoms with E-state index in [-0.39, 0.29) is 30.4 Å². The Bertz CT molecular complexity index is 980. The maximum atomic E-state index is 12.6. The number of aliphatic imine (C=N–C) groups is 2. The van der Waals surface area contributed by atoms with Crippen molar-refractivity contribution >= 4 is 36.1 Å². The highest BCUT2D eigenvalue weighted by Gasteiger charge is 2.24. The molecule has 0 aromatic heterocycles. The molecular weight excluding hydrogens is 438 g/mol. The predicted octanol–water partition coefficient (Wildman–Crippen LogP) is 4.18. The van der Waals surface area contributed by atoms with Crippen molar-refractivity contribution in [2.45, 2.75) is 33.2 Å². The lowest BCUT2D eigenvalue weighted by Gasteiger charge is -2.19. The summed E-state index contributed by atoms with van der Waals surface area (Å²) in [6.45, 7) is 9.85. The molecule has 1 heterocycles. The highest BCUT2D eigenvalue weighted by molar-refractivity contribution is 7.96. The topological polar surface area (TPSA) is 89.4 Å². The Morgan fingerprint density at radius 2 is 2.18 bits per heavy atom. The van der Waals surface area contributed by atoms with Gasteiger partial charge in [-0.2, -0.15) is 0 Å². The van der Waals surface area contributed by atoms with Crippen LogP contribution in [0.5, 0.6) is 5.75 Å². The molecule has 33 heavy (non-hydrogen) atoms. The molecule has 0 saturated heterocycles. The third-order valence-electron chi connectivity index (χ3n) is 4.84. The molecule has 0 aliphatic carbocycles. The SMILES string of the molecule is C=CCOc1cccc(C(=O)NC2=CCC(C(/C=N\COCC(C)(C)C(=O)S)=C/C)N=C2)c1. The van der Waals surface area contributed by atoms with Crippen molar-refractivity contribution in [3.8, 4) is 5.75 Å². The summed E-state index contributed by atoms with van der Waals surface area (Å²) < 4.78 is 10.9. The number of amides is 1. The summed E-state index contributed by atoms with van der Waals surface area (Å²) in [6, 6.07) is 6.88. The van der Waals surface area contributed by atoms with Gasteiger partial charge in [0.2, 0.25) is 0 Å². The third-order valence-corrected chi connectivity index (χ3v) is 5.45. The average molecular weight is 470 g/mol. The Hall–Kier alpha value is -2.97. The van der Waals surface area contributed by atoms with Crippen LogP contribution in [0, 0.1) is 5.41 Å². The third kappa shape index (κ3) is 8.47. The van der Waals surface area contributed by atoms with Gasteiger partial charge < -0.3 is 14.8 Å². The molecule has 1 aromatic carbocycles. The van der Waals surface area contributed by atoms with Gasteiger partial charge in [0.05, 0.1) is 23.8 Å². The highest BCUT2D eigenvalue weighted by atomic mass is 32.1. The van der Waals surface area contributed by atoms with E-state index in [0.29, 0.717) is 30.0 Å². The standard InChI is InChI=1S/C25H31N3O4S/c1-5-12-32-21-9-7-8-19(13-21)23(29)28-20-10-11-22(27-15-20)18(6-2)14-26-17-31-16-25(3,4)24(30)33/h5-10,13-15,22H,1,11-12,16-17H2,2-4H3,(H,28,29)(H,30,33)/b18-6+,26-14-. The van der Waals surface area contributed by atoms with Crippen LogP contribution in [0.25, 0.3) is 0 Å². The number of benzene rings is 1. The normalized spacial score (nSPS) is 16.4. The summed E-state index contributed by atoms with van der Waals surface area (Å²) in [5, 5.41) is 2.65. The van der Waals surface area contributed by atoms with Gasteiger partial charge in [-0.15, -0.1) is 12.6 Å². The summed E-state index contributed by atoms with van der Waals surface area (Å²) >= 11 is 3.86. The summed E-state index contributed by atoms with van der Waals surface area (Å²) in [4.78, 5) is 32.8. The number of carbonyl (C=O) groups is 2. The van der Waals surface area contributed by atoms with Crippen molar-refractivity contribution in [2.24, 2.45) is 15.4 Å². The molecule has 7 nitrogen and oxygen atoms in total. The maximum Gasteiger partial charge on any atom is 0.255 e. The van der Waals surface area contributed by atoms with Gasteiger partial charge in [-0.3, -0.25) is 19.6 Å². The van der Waals surface area contributed by atoms with Crippen molar-refractivity contribution in [1.29, 1.82) is 0 Å². The van der Waals surface area contributed by atoms with Gasteiger partial charge in [0.15, 0.2) is 5.12 Å². The second-order valence-electron chi connectivity index (χ2n) is 8.04. The van der Waals surface area contributed by atoms with Crippen molar-refractivity contribution in [2.75, 3.05) is 19.9 Å². The van der Waals surface area contributed by atoms with Gasteiger partial charge in [-0.05, 0) is 51.0 Å². The number of hydrogen-bond acceptors (Lipinski definition) is 6. The smallest absolute Gasteiger partial charge is 0.255 e. The molecule has 1 atom stereocenters. The van der Waals surface area contributed by atoms with Crippen LogP contribution >= 0.6 is 12.6 Å². The molecule has 0 spiro atoms. The molecule has 1 N–H and O–H groups in total. The van der Waals surface area contributed by atoms with Crippen LogP contribution in [-0.2, 0) is 9.53 Å². The Morgan fingerprint density at radius 1 is 1.39 bits per heavy atom. The summed E-state index contributed by atoms with van der Waals surface area (Å²) in [5.41, 5.74) is 1.43. The molecule has 0 saturated carbocycles. The van der Waals surface area contributed by atoms with Crippen LogP contribution in [0.4, 0.5) is 0 Å². The van der Waals surface area contributed by atoms with E-state index < -0.39 is 5.41 Å². The van der Waals surface area contributed by atoms with Gasteiger partial charge in [0, 0.05) is 18.0 Å². The Kier molecular flexibility index (Phi) is 10.3. The minimum atomic E-state index is -0.652. The number of nitrogens with one attached hydrogen (secondary N) is 1. The van der Waals surface area contributed by atoms with Gasteiger partial charge in [0.25, 0.3) is 5.91 Å². The van der Waals surface area contributed by atoms with E-state index >= 15 is 0 Å². The van der Waals surface area contributed by atoms with E-state index in [1.807, 2.05) is 19.1 Å². The molecule has 1 aromatic rings. The largest absolute Gasteiger partial charge is 0.490 e. The van der Waals surface area contributed by atoms with E-state index in [1.54, 1.807) is 56.6 Å². The van der Waals surface area contributed by atoms with Crippen LogP contribution in [0.2, 0.25) is 0 Å². The molecule has 1 amide bonds. The minimum absolute atomic E-state index is 0.0921. The predicted molar refractivity (Wildman–Crippen MR) is 135 cm³/mol. The Labute approximate surface area is 200 Å². The summed E-state index contributed by atoms with van der Waals surface area (Å²) in [6.07, 6.45) is 9.53. The number of allylic oxidation sites excluding steroid dienone is 2. The molecule has 8 heteroatoms. The Balaban J connectivity index is 1.86. The molecule has 0 bridgehead atoms. The first kappa shape index (κ1) is 26.3. The minimum Gasteiger partial charge on any atom is -0.490 e. The molecule has 1 unspecified atom stereocenters. The second-order valence-corrected chi connectivity index (χ2v) is 8.44. The zero-order valence-corrected chi connectivity index (χ0v) is 20.2. The molecule has 0 fully saturated rings. The Morgan fingerprint density at radius 3 is 2.82 bits per heavy atom. The van der Waals surface area contributed by atoms with Crippen LogP contribution in [-0.4, -0.2) is 49.4 Å². The number of rotatable bonds is 12. The zero-order valence-electron chi connectivity index (χ0n) is 19.3. The van der Waals surface area contributed by atoms with Gasteiger partial charge in [0.1, 0.15) is 19.1 Å². The van der Waals surface area contributed by atoms with Crippen molar-refractivity contribution in [1.82, 2.24) is 5.32 Å². The molecule has 2 rings (SSSR count). The quantitative estimate of drug-likeness (QED) is 0.208. The molecule has 176 valence electrons. The first-order chi connectivity index (χ1) is 15.8. The lowest BCUT2D eigenvalue weighted by molar-refractivity contribution is -0.120. The fraction of sp³-hybridized carbons (Fsp3) is 0.360. The first-order valence-corrected chi connectivity index (χ1v) is 11.1. The number of carbonyl (C=O) groups excluding carboxylic acids is 2. The van der Waals surface area contributed by atoms with Crippen LogP contribution < -0.4 is 10.1 Å².